The van der Waals surface area contributed by atoms with E-state index in [9.17, 15) is 9.90 Å². The van der Waals surface area contributed by atoms with Crippen molar-refractivity contribution in [2.24, 2.45) is 5.92 Å². The maximum Gasteiger partial charge on any atom is 0.252 e. The summed E-state index contributed by atoms with van der Waals surface area (Å²) in [6.07, 6.45) is 0.778. The van der Waals surface area contributed by atoms with Crippen molar-refractivity contribution in [1.82, 2.24) is 5.32 Å². The van der Waals surface area contributed by atoms with Gasteiger partial charge in [0.05, 0.1) is 18.2 Å². The number of amides is 1. The summed E-state index contributed by atoms with van der Waals surface area (Å²) in [5.41, 5.74) is 0.680. The summed E-state index contributed by atoms with van der Waals surface area (Å²) in [7, 11) is 0. The molecule has 3 nitrogen and oxygen atoms in total. The molecule has 1 atom stereocenters. The zero-order valence-corrected chi connectivity index (χ0v) is 17.2. The maximum atomic E-state index is 12.3. The number of carbonyl (C=O) groups excluding carboxylic acids is 1. The molecule has 0 heterocycles. The highest BCUT2D eigenvalue weighted by molar-refractivity contribution is 14.1. The number of hydrogen-bond donors (Lipinski definition) is 2. The molecule has 0 aromatic heterocycles. The number of nitrogens with one attached hydrogen (secondary N) is 1. The molecular formula is C13H16I3NO2. The second kappa shape index (κ2) is 8.32. The molecule has 1 amide bonds. The summed E-state index contributed by atoms with van der Waals surface area (Å²) in [4.78, 5) is 12.3. The average Bonchev–Trinajstić information content (AvgIpc) is 2.32. The van der Waals surface area contributed by atoms with Gasteiger partial charge < -0.3 is 10.4 Å². The van der Waals surface area contributed by atoms with Crippen molar-refractivity contribution in [3.05, 3.63) is 28.4 Å². The Morgan fingerprint density at radius 1 is 1.32 bits per heavy atom. The third-order valence-electron chi connectivity index (χ3n) is 2.55. The van der Waals surface area contributed by atoms with Gasteiger partial charge in [-0.2, -0.15) is 0 Å². The smallest absolute Gasteiger partial charge is 0.252 e. The molecule has 1 rings (SSSR count). The zero-order valence-electron chi connectivity index (χ0n) is 10.7. The molecule has 1 unspecified atom stereocenters. The monoisotopic (exact) mass is 599 g/mol. The van der Waals surface area contributed by atoms with Gasteiger partial charge in [-0.25, -0.2) is 0 Å². The van der Waals surface area contributed by atoms with Crippen LogP contribution < -0.4 is 5.32 Å². The van der Waals surface area contributed by atoms with Crippen molar-refractivity contribution >= 4 is 73.7 Å². The van der Waals surface area contributed by atoms with E-state index in [1.54, 1.807) is 0 Å². The van der Waals surface area contributed by atoms with Crippen LogP contribution in [-0.2, 0) is 0 Å². The van der Waals surface area contributed by atoms with Crippen molar-refractivity contribution in [2.45, 2.75) is 26.3 Å². The van der Waals surface area contributed by atoms with Gasteiger partial charge in [0.1, 0.15) is 0 Å². The van der Waals surface area contributed by atoms with Crippen LogP contribution >= 0.6 is 67.8 Å². The SMILES string of the molecule is CC(C)CC(CO)NC(=O)c1cc(I)cc(I)c1I. The fraction of sp³-hybridized carbons (Fsp3) is 0.462. The standard InChI is InChI=1S/C13H16I3NO2/c1-7(2)3-9(6-18)17-13(19)10-4-8(14)5-11(15)12(10)16/h4-5,7,9,18H,3,6H2,1-2H3,(H,17,19). The lowest BCUT2D eigenvalue weighted by atomic mass is 10.0. The maximum absolute atomic E-state index is 12.3. The fourth-order valence-electron chi connectivity index (χ4n) is 1.73. The molecule has 106 valence electrons. The molecule has 0 spiro atoms. The van der Waals surface area contributed by atoms with Crippen LogP contribution in [0, 0.1) is 16.6 Å². The Bertz CT molecular complexity index is 463. The van der Waals surface area contributed by atoms with Crippen LogP contribution in [0.1, 0.15) is 30.6 Å². The number of benzene rings is 1. The number of aliphatic hydroxyl groups is 1. The van der Waals surface area contributed by atoms with Crippen molar-refractivity contribution in [1.29, 1.82) is 0 Å². The van der Waals surface area contributed by atoms with Gasteiger partial charge >= 0.3 is 0 Å². The molecule has 0 aliphatic carbocycles. The lowest BCUT2D eigenvalue weighted by Crippen LogP contribution is -2.38. The van der Waals surface area contributed by atoms with Crippen molar-refractivity contribution in [2.75, 3.05) is 6.61 Å². The first-order valence-corrected chi connectivity index (χ1v) is 9.15. The molecule has 0 bridgehead atoms. The average molecular weight is 599 g/mol. The molecule has 2 N–H and O–H groups in total. The van der Waals surface area contributed by atoms with E-state index in [1.807, 2.05) is 12.1 Å². The third kappa shape index (κ3) is 5.62. The fourth-order valence-corrected chi connectivity index (χ4v) is 4.13. The highest BCUT2D eigenvalue weighted by Gasteiger charge is 2.18. The largest absolute Gasteiger partial charge is 0.394 e. The van der Waals surface area contributed by atoms with E-state index in [4.69, 9.17) is 0 Å². The second-order valence-electron chi connectivity index (χ2n) is 4.73. The van der Waals surface area contributed by atoms with E-state index < -0.39 is 0 Å². The Hall–Kier alpha value is 0.840. The molecular weight excluding hydrogens is 583 g/mol. The van der Waals surface area contributed by atoms with Gasteiger partial charge in [-0.1, -0.05) is 13.8 Å². The van der Waals surface area contributed by atoms with Gasteiger partial charge in [0.25, 0.3) is 5.91 Å². The van der Waals surface area contributed by atoms with Crippen LogP contribution in [0.3, 0.4) is 0 Å². The molecule has 6 heteroatoms. The first-order chi connectivity index (χ1) is 8.85. The van der Waals surface area contributed by atoms with Gasteiger partial charge in [-0.15, -0.1) is 0 Å². The van der Waals surface area contributed by atoms with E-state index in [0.29, 0.717) is 11.5 Å². The molecule has 0 aliphatic heterocycles. The summed E-state index contributed by atoms with van der Waals surface area (Å²) in [6.45, 7) is 4.13. The van der Waals surface area contributed by atoms with Crippen LogP contribution in [-0.4, -0.2) is 23.7 Å². The van der Waals surface area contributed by atoms with Gasteiger partial charge in [-0.05, 0) is 92.2 Å². The van der Waals surface area contributed by atoms with E-state index in [-0.39, 0.29) is 18.6 Å². The van der Waals surface area contributed by atoms with Crippen molar-refractivity contribution in [3.63, 3.8) is 0 Å². The Labute approximate surface area is 154 Å². The predicted octanol–water partition coefficient (Wildman–Crippen LogP) is 3.64. The zero-order chi connectivity index (χ0) is 14.6. The Morgan fingerprint density at radius 3 is 2.47 bits per heavy atom. The lowest BCUT2D eigenvalue weighted by Gasteiger charge is -2.19. The second-order valence-corrected chi connectivity index (χ2v) is 8.22. The van der Waals surface area contributed by atoms with Crippen molar-refractivity contribution in [3.8, 4) is 0 Å². The molecule has 0 aliphatic rings. The topological polar surface area (TPSA) is 49.3 Å². The summed E-state index contributed by atoms with van der Waals surface area (Å²) >= 11 is 6.62. The van der Waals surface area contributed by atoms with Gasteiger partial charge in [0.2, 0.25) is 0 Å². The van der Waals surface area contributed by atoms with Crippen LogP contribution in [0.5, 0.6) is 0 Å². The van der Waals surface area contributed by atoms with E-state index in [0.717, 1.165) is 17.1 Å². The number of hydrogen-bond acceptors (Lipinski definition) is 2. The molecule has 1 aromatic carbocycles. The number of rotatable bonds is 5. The summed E-state index contributed by atoms with van der Waals surface area (Å²) in [5, 5.41) is 12.2. The van der Waals surface area contributed by atoms with Crippen LogP contribution in [0.2, 0.25) is 0 Å². The molecule has 0 radical (unpaired) electrons. The van der Waals surface area contributed by atoms with E-state index in [1.165, 1.54) is 0 Å². The number of halogens is 3. The predicted molar refractivity (Wildman–Crippen MR) is 102 cm³/mol. The van der Waals surface area contributed by atoms with Gasteiger partial charge in [0.15, 0.2) is 0 Å². The number of carbonyl (C=O) groups is 1. The highest BCUT2D eigenvalue weighted by atomic mass is 127. The summed E-state index contributed by atoms with van der Waals surface area (Å²) < 4.78 is 3.06. The molecule has 1 aromatic rings. The Morgan fingerprint density at radius 2 is 1.95 bits per heavy atom. The minimum Gasteiger partial charge on any atom is -0.394 e. The van der Waals surface area contributed by atoms with E-state index in [2.05, 4.69) is 86.9 Å². The summed E-state index contributed by atoms with van der Waals surface area (Å²) in [6, 6.07) is 3.74. The van der Waals surface area contributed by atoms with Crippen LogP contribution in [0.4, 0.5) is 0 Å². The lowest BCUT2D eigenvalue weighted by molar-refractivity contribution is 0.0907. The molecule has 0 fully saturated rings. The first-order valence-electron chi connectivity index (χ1n) is 5.91. The third-order valence-corrected chi connectivity index (χ3v) is 6.22. The molecule has 19 heavy (non-hydrogen) atoms. The first kappa shape index (κ1) is 17.9. The van der Waals surface area contributed by atoms with Gasteiger partial charge in [0, 0.05) is 10.7 Å². The quantitative estimate of drug-likeness (QED) is 0.402. The minimum absolute atomic E-state index is 0.0263. The minimum atomic E-state index is -0.182. The molecule has 0 saturated carbocycles. The van der Waals surface area contributed by atoms with E-state index >= 15 is 0 Å². The highest BCUT2D eigenvalue weighted by Crippen LogP contribution is 2.23. The Balaban J connectivity index is 2.88. The van der Waals surface area contributed by atoms with Crippen LogP contribution in [0.25, 0.3) is 0 Å². The van der Waals surface area contributed by atoms with Crippen molar-refractivity contribution < 1.29 is 9.90 Å². The normalized spacial score (nSPS) is 12.6. The number of aliphatic hydroxyl groups excluding tert-OH is 1. The van der Waals surface area contributed by atoms with Gasteiger partial charge in [-0.3, -0.25) is 4.79 Å². The summed E-state index contributed by atoms with van der Waals surface area (Å²) in [5.74, 6) is 0.327. The molecule has 0 saturated heterocycles. The van der Waals surface area contributed by atoms with Crippen LogP contribution in [0.15, 0.2) is 12.1 Å². The Kier molecular flexibility index (Phi) is 7.84.